The summed E-state index contributed by atoms with van der Waals surface area (Å²) in [5.41, 5.74) is 3.00. The van der Waals surface area contributed by atoms with Gasteiger partial charge in [-0.3, -0.25) is 4.98 Å². The van der Waals surface area contributed by atoms with Crippen LogP contribution in [-0.2, 0) is 11.8 Å². The molecule has 0 radical (unpaired) electrons. The standard InChI is InChI=1S/C23H18ClN3O2S/c1-27-21(19-5-3-4-14-25-19)26-20(15-6-8-16(9-7-15)23(28)29-2)22(27)30-18-12-10-17(24)11-13-18/h3-14H,1-2H3. The van der Waals surface area contributed by atoms with Gasteiger partial charge in [0.2, 0.25) is 0 Å². The van der Waals surface area contributed by atoms with Crippen LogP contribution in [-0.4, -0.2) is 27.6 Å². The summed E-state index contributed by atoms with van der Waals surface area (Å²) in [6.07, 6.45) is 1.75. The van der Waals surface area contributed by atoms with Gasteiger partial charge in [-0.1, -0.05) is 41.6 Å². The van der Waals surface area contributed by atoms with E-state index in [-0.39, 0.29) is 5.97 Å². The van der Waals surface area contributed by atoms with Crippen LogP contribution in [0.25, 0.3) is 22.8 Å². The van der Waals surface area contributed by atoms with E-state index >= 15 is 0 Å². The zero-order valence-electron chi connectivity index (χ0n) is 16.4. The van der Waals surface area contributed by atoms with Crippen LogP contribution in [0.1, 0.15) is 10.4 Å². The molecule has 0 aliphatic rings. The first-order valence-electron chi connectivity index (χ1n) is 9.17. The maximum absolute atomic E-state index is 11.8. The number of rotatable bonds is 5. The zero-order valence-corrected chi connectivity index (χ0v) is 17.9. The van der Waals surface area contributed by atoms with Gasteiger partial charge in [-0.05, 0) is 48.5 Å². The Labute approximate surface area is 183 Å². The van der Waals surface area contributed by atoms with Crippen molar-refractivity contribution >= 4 is 29.3 Å². The van der Waals surface area contributed by atoms with Crippen LogP contribution in [0.15, 0.2) is 82.8 Å². The first-order chi connectivity index (χ1) is 14.6. The van der Waals surface area contributed by atoms with Crippen molar-refractivity contribution in [1.29, 1.82) is 0 Å². The Morgan fingerprint density at radius 1 is 1.03 bits per heavy atom. The first kappa shape index (κ1) is 20.2. The lowest BCUT2D eigenvalue weighted by atomic mass is 10.1. The SMILES string of the molecule is COC(=O)c1ccc(-c2nc(-c3ccccn3)n(C)c2Sc2ccc(Cl)cc2)cc1. The van der Waals surface area contributed by atoms with E-state index in [1.165, 1.54) is 7.11 Å². The number of benzene rings is 2. The highest BCUT2D eigenvalue weighted by Crippen LogP contribution is 2.38. The number of hydrogen-bond donors (Lipinski definition) is 0. The fourth-order valence-electron chi connectivity index (χ4n) is 3.01. The summed E-state index contributed by atoms with van der Waals surface area (Å²) in [6.45, 7) is 0. The molecule has 2 heterocycles. The highest BCUT2D eigenvalue weighted by atomic mass is 35.5. The minimum Gasteiger partial charge on any atom is -0.465 e. The number of aromatic nitrogens is 3. The maximum Gasteiger partial charge on any atom is 0.337 e. The van der Waals surface area contributed by atoms with Gasteiger partial charge < -0.3 is 9.30 Å². The summed E-state index contributed by atoms with van der Waals surface area (Å²) >= 11 is 7.63. The Morgan fingerprint density at radius 3 is 2.40 bits per heavy atom. The first-order valence-corrected chi connectivity index (χ1v) is 10.4. The van der Waals surface area contributed by atoms with Crippen LogP contribution < -0.4 is 0 Å². The molecule has 150 valence electrons. The van der Waals surface area contributed by atoms with E-state index in [1.807, 2.05) is 66.2 Å². The number of methoxy groups -OCH3 is 1. The normalized spacial score (nSPS) is 10.8. The number of carbonyl (C=O) groups is 1. The van der Waals surface area contributed by atoms with Crippen molar-refractivity contribution < 1.29 is 9.53 Å². The highest BCUT2D eigenvalue weighted by molar-refractivity contribution is 7.99. The lowest BCUT2D eigenvalue weighted by Gasteiger charge is -2.08. The molecule has 0 unspecified atom stereocenters. The fourth-order valence-corrected chi connectivity index (χ4v) is 4.11. The summed E-state index contributed by atoms with van der Waals surface area (Å²) in [4.78, 5) is 22.2. The molecule has 30 heavy (non-hydrogen) atoms. The van der Waals surface area contributed by atoms with Crippen molar-refractivity contribution in [1.82, 2.24) is 14.5 Å². The molecule has 4 aromatic rings. The minimum atomic E-state index is -0.368. The van der Waals surface area contributed by atoms with E-state index in [1.54, 1.807) is 30.1 Å². The molecule has 0 bridgehead atoms. The van der Waals surface area contributed by atoms with E-state index in [0.717, 1.165) is 32.7 Å². The number of nitrogens with zero attached hydrogens (tertiary/aromatic N) is 3. The molecular formula is C23H18ClN3O2S. The van der Waals surface area contributed by atoms with Crippen LogP contribution in [0.3, 0.4) is 0 Å². The largest absolute Gasteiger partial charge is 0.465 e. The van der Waals surface area contributed by atoms with Crippen molar-refractivity contribution in [3.05, 3.63) is 83.5 Å². The molecule has 0 aliphatic heterocycles. The van der Waals surface area contributed by atoms with Crippen molar-refractivity contribution in [2.75, 3.05) is 7.11 Å². The Kier molecular flexibility index (Phi) is 5.88. The highest BCUT2D eigenvalue weighted by Gasteiger charge is 2.20. The maximum atomic E-state index is 11.8. The minimum absolute atomic E-state index is 0.368. The quantitative estimate of drug-likeness (QED) is 0.374. The van der Waals surface area contributed by atoms with Crippen molar-refractivity contribution in [3.8, 4) is 22.8 Å². The lowest BCUT2D eigenvalue weighted by molar-refractivity contribution is 0.0601. The van der Waals surface area contributed by atoms with Gasteiger partial charge in [0.05, 0.1) is 12.7 Å². The number of ether oxygens (including phenoxy) is 1. The van der Waals surface area contributed by atoms with E-state index in [4.69, 9.17) is 21.3 Å². The third-order valence-corrected chi connectivity index (χ3v) is 5.96. The molecule has 0 amide bonds. The van der Waals surface area contributed by atoms with Gasteiger partial charge in [0, 0.05) is 28.7 Å². The molecule has 0 N–H and O–H groups in total. The summed E-state index contributed by atoms with van der Waals surface area (Å²) < 4.78 is 6.83. The molecule has 7 heteroatoms. The van der Waals surface area contributed by atoms with Gasteiger partial charge in [-0.2, -0.15) is 0 Å². The average Bonchev–Trinajstić information content (AvgIpc) is 3.11. The van der Waals surface area contributed by atoms with Crippen LogP contribution in [0.4, 0.5) is 0 Å². The lowest BCUT2D eigenvalue weighted by Crippen LogP contribution is -2.00. The number of halogens is 1. The van der Waals surface area contributed by atoms with Crippen LogP contribution in [0, 0.1) is 0 Å². The molecule has 0 atom stereocenters. The van der Waals surface area contributed by atoms with Crippen molar-refractivity contribution in [2.24, 2.45) is 7.05 Å². The summed E-state index contributed by atoms with van der Waals surface area (Å²) in [5.74, 6) is 0.395. The summed E-state index contributed by atoms with van der Waals surface area (Å²) in [6, 6.07) is 20.7. The number of pyridine rings is 1. The molecule has 2 aromatic heterocycles. The molecule has 0 spiro atoms. The Hall–Kier alpha value is -3.09. The molecule has 0 aliphatic carbocycles. The molecule has 4 rings (SSSR count). The number of imidazole rings is 1. The molecular weight excluding hydrogens is 418 g/mol. The monoisotopic (exact) mass is 435 g/mol. The molecule has 5 nitrogen and oxygen atoms in total. The zero-order chi connectivity index (χ0) is 21.1. The number of esters is 1. The second-order valence-corrected chi connectivity index (χ2v) is 7.99. The Bertz CT molecular complexity index is 1170. The van der Waals surface area contributed by atoms with Gasteiger partial charge in [-0.25, -0.2) is 9.78 Å². The third kappa shape index (κ3) is 4.10. The summed E-state index contributed by atoms with van der Waals surface area (Å²) in [7, 11) is 3.34. The second-order valence-electron chi connectivity index (χ2n) is 6.49. The van der Waals surface area contributed by atoms with Crippen molar-refractivity contribution in [3.63, 3.8) is 0 Å². The Morgan fingerprint density at radius 2 is 1.77 bits per heavy atom. The van der Waals surface area contributed by atoms with Crippen LogP contribution >= 0.6 is 23.4 Å². The van der Waals surface area contributed by atoms with E-state index in [2.05, 4.69) is 4.98 Å². The number of carbonyl (C=O) groups excluding carboxylic acids is 1. The van der Waals surface area contributed by atoms with Gasteiger partial charge >= 0.3 is 5.97 Å². The van der Waals surface area contributed by atoms with E-state index in [9.17, 15) is 4.79 Å². The molecule has 2 aromatic carbocycles. The molecule has 0 saturated heterocycles. The van der Waals surface area contributed by atoms with E-state index in [0.29, 0.717) is 10.6 Å². The van der Waals surface area contributed by atoms with E-state index < -0.39 is 0 Å². The molecule has 0 fully saturated rings. The fraction of sp³-hybridized carbons (Fsp3) is 0.0870. The summed E-state index contributed by atoms with van der Waals surface area (Å²) in [5, 5.41) is 1.65. The van der Waals surface area contributed by atoms with Gasteiger partial charge in [-0.15, -0.1) is 0 Å². The third-order valence-electron chi connectivity index (χ3n) is 4.54. The van der Waals surface area contributed by atoms with Crippen LogP contribution in [0.2, 0.25) is 5.02 Å². The topological polar surface area (TPSA) is 57.0 Å². The van der Waals surface area contributed by atoms with Crippen LogP contribution in [0.5, 0.6) is 0 Å². The Balaban J connectivity index is 1.81. The average molecular weight is 436 g/mol. The predicted octanol–water partition coefficient (Wildman–Crippen LogP) is 5.74. The molecule has 0 saturated carbocycles. The van der Waals surface area contributed by atoms with Gasteiger partial charge in [0.25, 0.3) is 0 Å². The van der Waals surface area contributed by atoms with Crippen molar-refractivity contribution in [2.45, 2.75) is 9.92 Å². The predicted molar refractivity (Wildman–Crippen MR) is 119 cm³/mol. The van der Waals surface area contributed by atoms with Gasteiger partial charge in [0.1, 0.15) is 16.4 Å². The number of hydrogen-bond acceptors (Lipinski definition) is 5. The van der Waals surface area contributed by atoms with Gasteiger partial charge in [0.15, 0.2) is 5.82 Å². The smallest absolute Gasteiger partial charge is 0.337 e. The second kappa shape index (κ2) is 8.73.